The molecule has 0 unspecified atom stereocenters. The number of likely N-dealkylation sites (tertiary alicyclic amines) is 4. The summed E-state index contributed by atoms with van der Waals surface area (Å²) in [7, 11) is -0.207. The molecule has 5 saturated heterocycles. The second-order valence-corrected chi connectivity index (χ2v) is 51.4. The minimum Gasteiger partial charge on any atom is -0.344 e. The molecule has 2 aliphatic carbocycles. The zero-order valence-electron chi connectivity index (χ0n) is 84.7. The van der Waals surface area contributed by atoms with Crippen molar-refractivity contribution in [1.82, 2.24) is 70.8 Å². The number of rotatable bonds is 28. The Kier molecular flexibility index (Phi) is 35.8. The van der Waals surface area contributed by atoms with Gasteiger partial charge in [-0.2, -0.15) is 11.3 Å². The Bertz CT molecular complexity index is 6550. The van der Waals surface area contributed by atoms with Crippen LogP contribution >= 0.6 is 56.7 Å². The number of amides is 8. The van der Waals surface area contributed by atoms with E-state index in [0.29, 0.717) is 44.0 Å². The van der Waals surface area contributed by atoms with Crippen molar-refractivity contribution in [1.29, 1.82) is 0 Å². The van der Waals surface area contributed by atoms with Crippen LogP contribution in [0.3, 0.4) is 0 Å². The molecule has 12 atom stereocenters. The van der Waals surface area contributed by atoms with E-state index in [1.807, 2.05) is 189 Å². The van der Waals surface area contributed by atoms with E-state index in [1.165, 1.54) is 24.2 Å². The fraction of sp³-hybridized carbons (Fsp3) is 0.461. The Morgan fingerprint density at radius 1 is 0.352 bits per heavy atom. The van der Waals surface area contributed by atoms with Crippen molar-refractivity contribution in [3.05, 3.63) is 225 Å². The highest BCUT2D eigenvalue weighted by Crippen LogP contribution is 2.47. The number of carbonyl (C=O) groups is 8. The third-order valence-corrected chi connectivity index (χ3v) is 39.7. The van der Waals surface area contributed by atoms with Gasteiger partial charge in [-0.1, -0.05) is 248 Å². The van der Waals surface area contributed by atoms with Gasteiger partial charge in [0.05, 0.1) is 65.4 Å². The molecule has 13 aromatic rings. The van der Waals surface area contributed by atoms with E-state index >= 15 is 0 Å². The molecule has 12 heterocycles. The summed E-state index contributed by atoms with van der Waals surface area (Å²) in [6.45, 7) is 18.5. The minimum absolute atomic E-state index is 0.000307. The molecule has 7 aromatic heterocycles. The van der Waals surface area contributed by atoms with E-state index < -0.39 is 33.1 Å². The van der Waals surface area contributed by atoms with Crippen molar-refractivity contribution in [2.75, 3.05) is 37.7 Å². The number of hydrogen-bond acceptors (Lipinski definition) is 20. The third kappa shape index (κ3) is 24.7. The molecule has 4 N–H and O–H groups in total. The summed E-state index contributed by atoms with van der Waals surface area (Å²) in [5.41, 5.74) is 12.9. The van der Waals surface area contributed by atoms with E-state index in [9.17, 15) is 42.6 Å². The summed E-state index contributed by atoms with van der Waals surface area (Å²) in [4.78, 5) is 145. The second-order valence-electron chi connectivity index (χ2n) is 40.5. The number of nitrogens with zero attached hydrogens (tertiary/aromatic N) is 10. The number of aromatic nitrogens is 6. The molecule has 7 aliphatic rings. The van der Waals surface area contributed by atoms with Gasteiger partial charge in [0.2, 0.25) is 47.3 Å². The summed E-state index contributed by atoms with van der Waals surface area (Å²) in [5, 5.41) is 20.3. The summed E-state index contributed by atoms with van der Waals surface area (Å²) < 4.78 is 17.1. The highest BCUT2D eigenvalue weighted by atomic mass is 32.3. The molecule has 0 radical (unpaired) electrons. The van der Waals surface area contributed by atoms with Gasteiger partial charge >= 0.3 is 0 Å². The molecule has 0 spiro atoms. The predicted molar refractivity (Wildman–Crippen MR) is 592 cm³/mol. The van der Waals surface area contributed by atoms with Crippen LogP contribution in [-0.4, -0.2) is 166 Å². The zero-order valence-corrected chi connectivity index (χ0v) is 91.0. The van der Waals surface area contributed by atoms with E-state index in [1.54, 1.807) is 54.3 Å². The first kappa shape index (κ1) is 105. The summed E-state index contributed by atoms with van der Waals surface area (Å²) in [6, 6.07) is 57.0. The van der Waals surface area contributed by atoms with Crippen LogP contribution in [-0.2, 0) is 47.3 Å². The Morgan fingerprint density at radius 2 is 0.662 bits per heavy atom. The number of carbonyl (C=O) groups excluding carboxylic acids is 8. The van der Waals surface area contributed by atoms with Crippen LogP contribution in [0.25, 0.3) is 85.6 Å². The zero-order chi connectivity index (χ0) is 101. The first-order valence-corrected chi connectivity index (χ1v) is 60.8. The van der Waals surface area contributed by atoms with Gasteiger partial charge in [0.1, 0.15) is 55.2 Å². The van der Waals surface area contributed by atoms with Crippen LogP contribution in [0.2, 0.25) is 0 Å². The molecule has 7 fully saturated rings. The maximum Gasteiger partial charge on any atom is 0.250 e. The average molecular weight is 2080 g/mol. The number of thiophene rings is 1. The lowest BCUT2D eigenvalue weighted by molar-refractivity contribution is -0.140. The Hall–Kier alpha value is -11.0. The molecular weight excluding hydrogens is 1940 g/mol. The maximum atomic E-state index is 14.1. The number of para-hydroxylation sites is 2. The highest BCUT2D eigenvalue weighted by molar-refractivity contribution is 8.05. The van der Waals surface area contributed by atoms with Gasteiger partial charge < -0.3 is 40.9 Å². The number of benzene rings is 6. The Labute approximate surface area is 875 Å². The minimum atomic E-state index is -1.81. The number of fused-ring (bicyclic) bond motifs is 4. The Balaban J connectivity index is 0.000000132. The molecule has 762 valence electrons. The summed E-state index contributed by atoms with van der Waals surface area (Å²) in [5.74, 6) is 1.12. The van der Waals surface area contributed by atoms with E-state index in [4.69, 9.17) is 19.9 Å². The summed E-state index contributed by atoms with van der Waals surface area (Å²) >= 11 is 8.19. The van der Waals surface area contributed by atoms with Crippen LogP contribution < -0.4 is 21.3 Å². The molecule has 6 aromatic carbocycles. The van der Waals surface area contributed by atoms with Gasteiger partial charge in [-0.25, -0.2) is 19.9 Å². The SMILES string of the molecule is CC[C@@H](C)C(=O)N[C@H](C(=O)N1CCC[C@H]1c1nc2c(-c3ccccc3)cccc2s1)C1CCCCC1.CC[C@@H](C)C(=O)N[C@H](C(=O)N1CCC[C@H]1c1nc2c(-c3ccccc3)cccc2s1)c1ccsc1.CC[C@@H](C)C(=O)N[C@H](C(=O)N1CCC[C@H]1c1nc2c(-c3ccccc3)nccc2s1)C1CCCCC1.CC[C@@H](C)C(=O)N[C@H](C(=O)N1CCC[C@H]1c1nc2c(-c3ccccc3)nccc2s1)C1CCS(=O)(=[SiH2])CC1. The molecule has 145 heavy (non-hydrogen) atoms. The first-order chi connectivity index (χ1) is 70.5. The van der Waals surface area contributed by atoms with Crippen LogP contribution in [0.4, 0.5) is 0 Å². The smallest absolute Gasteiger partial charge is 0.250 e. The van der Waals surface area contributed by atoms with Crippen molar-refractivity contribution in [2.24, 2.45) is 41.4 Å². The van der Waals surface area contributed by atoms with Crippen molar-refractivity contribution in [3.8, 4) is 44.8 Å². The molecule has 23 nitrogen and oxygen atoms in total. The molecule has 8 amide bonds. The summed E-state index contributed by atoms with van der Waals surface area (Å²) in [6.07, 6.45) is 26.3. The number of hydrogen-bond donors (Lipinski definition) is 4. The lowest BCUT2D eigenvalue weighted by atomic mass is 9.83. The Morgan fingerprint density at radius 3 is 0.993 bits per heavy atom. The van der Waals surface area contributed by atoms with Gasteiger partial charge in [0.25, 0.3) is 0 Å². The average Bonchev–Trinajstić information content (AvgIpc) is 1.63. The number of thiazole rings is 4. The van der Waals surface area contributed by atoms with E-state index in [2.05, 4.69) is 116 Å². The molecule has 0 bridgehead atoms. The van der Waals surface area contributed by atoms with Gasteiger partial charge in [0, 0.05) is 105 Å². The predicted octanol–water partition coefficient (Wildman–Crippen LogP) is 23.3. The normalized spacial score (nSPS) is 21.0. The fourth-order valence-corrected chi connectivity index (χ4v) is 29.3. The second kappa shape index (κ2) is 49.2. The third-order valence-electron chi connectivity index (χ3n) is 30.8. The lowest BCUT2D eigenvalue weighted by Crippen LogP contribution is -2.54. The molecule has 2 saturated carbocycles. The van der Waals surface area contributed by atoms with Gasteiger partial charge in [0.15, 0.2) is 0 Å². The van der Waals surface area contributed by atoms with E-state index in [0.717, 1.165) is 246 Å². The molecular formula is C115H138N14O9S6Si. The maximum absolute atomic E-state index is 14.1. The van der Waals surface area contributed by atoms with Crippen molar-refractivity contribution >= 4 is 163 Å². The molecule has 20 rings (SSSR count). The topological polar surface area (TPSA) is 292 Å². The van der Waals surface area contributed by atoms with Crippen LogP contribution in [0.15, 0.2) is 199 Å². The van der Waals surface area contributed by atoms with Crippen LogP contribution in [0.1, 0.15) is 265 Å². The number of nitrogens with one attached hydrogen (secondary N) is 4. The molecule has 5 aliphatic heterocycles. The first-order valence-electron chi connectivity index (χ1n) is 52.8. The largest absolute Gasteiger partial charge is 0.344 e. The van der Waals surface area contributed by atoms with Crippen LogP contribution in [0.5, 0.6) is 0 Å². The monoisotopic (exact) mass is 2080 g/mol. The van der Waals surface area contributed by atoms with Crippen molar-refractivity contribution in [3.63, 3.8) is 0 Å². The highest BCUT2D eigenvalue weighted by Gasteiger charge is 2.46. The fourth-order valence-electron chi connectivity index (χ4n) is 21.4. The van der Waals surface area contributed by atoms with Crippen molar-refractivity contribution in [2.45, 2.75) is 258 Å². The van der Waals surface area contributed by atoms with Gasteiger partial charge in [-0.05, 0) is 191 Å². The van der Waals surface area contributed by atoms with Crippen molar-refractivity contribution < 1.29 is 42.6 Å². The lowest BCUT2D eigenvalue weighted by Gasteiger charge is -2.35. The quantitative estimate of drug-likeness (QED) is 0.0332. The van der Waals surface area contributed by atoms with Gasteiger partial charge in [-0.15, -0.1) is 45.3 Å². The molecule has 30 heteroatoms. The number of pyridine rings is 2. The van der Waals surface area contributed by atoms with Gasteiger partial charge in [-0.3, -0.25) is 52.5 Å². The standard InChI is InChI=1S/C30H37N3O2S.C29H36N4O2S.C28H36N4O3S2Si.C28H29N3O2S2/c1-3-20(2)28(34)31-26(22-14-8-5-9-15-22)30(35)33-19-11-17-24(33)29-32-27-23(16-10-18-25(27)36-29)21-12-6-4-7-13-21;1-3-19(2)27(34)31-25(21-13-8-5-9-14-21)29(35)33-18-10-15-22(33)28-32-26-23(36-28)16-17-30-24(26)20-11-6-4-7-12-20;1-3-18(2)26(33)30-24(20-12-16-37(35,38)17-13-20)28(34)32-15-7-10-21(32)27-31-25-22(36-27)11-14-29-23(25)19-8-5-4-6-9-19;1-3-18(2)26(32)29-24(20-14-16-34-17-20)28(33)31-15-8-12-22(31)27-30-25-21(11-7-13-23(25)35-27)19-9-5-4-6-10-19/h4,6-7,10,12-13,16,18,20,22,24,26H,3,5,8-9,11,14-15,17,19H2,1-2H3,(H,31,34);4,6-7,11-12,16-17,19,21-22,25H,3,5,8-10,13-15,18H2,1-2H3,(H,31,34);4-6,8-9,11,14,18,20-21,24H,3,7,10,12-13,15-17,38H2,1-2H3,(H,30,33);4-7,9-11,13-14,16-18,22,24H,3,8,12,15H2,1-2H3,(H,29,32)/t20-,24+,26+;19-,22+,25+;18-,20?,21+,24+,37?;18-,22+,24+/m1111/s1. The van der Waals surface area contributed by atoms with Crippen LogP contribution in [0, 0.1) is 41.4 Å². The van der Waals surface area contributed by atoms with E-state index in [-0.39, 0.29) is 113 Å².